The van der Waals surface area contributed by atoms with E-state index in [1.165, 1.54) is 0 Å². The summed E-state index contributed by atoms with van der Waals surface area (Å²) in [5.41, 5.74) is 0. The molecule has 0 bridgehead atoms. The van der Waals surface area contributed by atoms with Gasteiger partial charge in [0.05, 0.1) is 0 Å². The van der Waals surface area contributed by atoms with E-state index < -0.39 is 0 Å². The van der Waals surface area contributed by atoms with Gasteiger partial charge in [-0.25, -0.2) is 12.1 Å². The molecule has 1 radical (unpaired) electrons. The first-order valence-electron chi connectivity index (χ1n) is 1.67. The molecule has 0 aromatic heterocycles. The van der Waals surface area contributed by atoms with Crippen LogP contribution in [0.2, 0.25) is 0 Å². The third-order valence-electron chi connectivity index (χ3n) is 0.556. The Morgan fingerprint density at radius 1 is 0.889 bits per heavy atom. The van der Waals surface area contributed by atoms with Crippen molar-refractivity contribution in [3.05, 3.63) is 30.3 Å². The quantitative estimate of drug-likeness (QED) is 0.497. The van der Waals surface area contributed by atoms with Gasteiger partial charge >= 0.3 is 18.6 Å². The van der Waals surface area contributed by atoms with Gasteiger partial charge in [-0.15, -0.1) is 0 Å². The fraction of sp³-hybridized carbons (Fsp3) is 0. The normalized spacial score (nSPS) is 4.44. The van der Waals surface area contributed by atoms with E-state index in [2.05, 4.69) is 0 Å². The zero-order chi connectivity index (χ0) is 3.54. The molecule has 0 aliphatic carbocycles. The van der Waals surface area contributed by atoms with E-state index in [1.807, 2.05) is 30.3 Å². The Hall–Kier alpha value is -0.186. The number of hydrogen-bond acceptors (Lipinski definition) is 0. The smallest absolute Gasteiger partial charge is 2.00 e. The third-order valence-corrected chi connectivity index (χ3v) is 0.556. The first kappa shape index (κ1) is 23.2. The van der Waals surface area contributed by atoms with E-state index in [-0.39, 0.29) is 35.0 Å². The van der Waals surface area contributed by atoms with Gasteiger partial charge in [0.15, 0.2) is 0 Å². The van der Waals surface area contributed by atoms with Crippen molar-refractivity contribution in [2.45, 2.75) is 0 Å². The maximum absolute atomic E-state index is 2.00. The molecular formula is C5H7O3V-. The molecule has 0 saturated heterocycles. The van der Waals surface area contributed by atoms with Gasteiger partial charge in [0, 0.05) is 0 Å². The standard InChI is InChI=1S/C5H5.H2O.2O.V/c1-2-4-5-3-1;;;;/h1-5H;1H2;;;/q-1;;2*-2;+4. The average Bonchev–Trinajstić information content (AvgIpc) is 1.76. The van der Waals surface area contributed by atoms with Gasteiger partial charge in [0.2, 0.25) is 0 Å². The maximum Gasteiger partial charge on any atom is 4.00 e. The van der Waals surface area contributed by atoms with E-state index in [1.54, 1.807) is 0 Å². The molecule has 2 N–H and O–H groups in total. The van der Waals surface area contributed by atoms with Crippen LogP contribution in [0.4, 0.5) is 0 Å². The predicted octanol–water partition coefficient (Wildman–Crippen LogP) is 0.341. The molecule has 1 rings (SSSR count). The van der Waals surface area contributed by atoms with Crippen LogP contribution >= 0.6 is 0 Å². The largest absolute Gasteiger partial charge is 4.00 e. The van der Waals surface area contributed by atoms with E-state index in [9.17, 15) is 0 Å². The zero-order valence-electron chi connectivity index (χ0n) is 4.65. The van der Waals surface area contributed by atoms with Crippen LogP contribution in [0.1, 0.15) is 0 Å². The fourth-order valence-corrected chi connectivity index (χ4v) is 0.321. The second-order valence-electron chi connectivity index (χ2n) is 0.962. The molecule has 0 unspecified atom stereocenters. The minimum absolute atomic E-state index is 0. The van der Waals surface area contributed by atoms with Gasteiger partial charge in [-0.1, -0.05) is 0 Å². The Morgan fingerprint density at radius 2 is 1.22 bits per heavy atom. The molecule has 51 valence electrons. The summed E-state index contributed by atoms with van der Waals surface area (Å²) < 4.78 is 0. The zero-order valence-corrected chi connectivity index (χ0v) is 6.05. The van der Waals surface area contributed by atoms with Crippen LogP contribution in [0, 0.1) is 0 Å². The van der Waals surface area contributed by atoms with Gasteiger partial charge in [-0.05, 0) is 0 Å². The molecule has 0 heterocycles. The van der Waals surface area contributed by atoms with Gasteiger partial charge in [-0.3, -0.25) is 0 Å². The van der Waals surface area contributed by atoms with E-state index >= 15 is 0 Å². The summed E-state index contributed by atoms with van der Waals surface area (Å²) in [5, 5.41) is 0. The van der Waals surface area contributed by atoms with Crippen LogP contribution in [0.15, 0.2) is 30.3 Å². The summed E-state index contributed by atoms with van der Waals surface area (Å²) in [6.45, 7) is 0. The summed E-state index contributed by atoms with van der Waals surface area (Å²) in [6, 6.07) is 10.0. The van der Waals surface area contributed by atoms with Crippen molar-refractivity contribution in [3.8, 4) is 0 Å². The summed E-state index contributed by atoms with van der Waals surface area (Å²) in [5.74, 6) is 0. The maximum atomic E-state index is 2.00. The van der Waals surface area contributed by atoms with Crippen LogP contribution in [0.3, 0.4) is 0 Å². The van der Waals surface area contributed by atoms with Crippen molar-refractivity contribution in [2.75, 3.05) is 0 Å². The Kier molecular flexibility index (Phi) is 40.4. The molecule has 1 aromatic carbocycles. The molecule has 0 aliphatic heterocycles. The average molecular weight is 166 g/mol. The van der Waals surface area contributed by atoms with Crippen LogP contribution in [-0.4, -0.2) is 5.48 Å². The van der Waals surface area contributed by atoms with E-state index in [0.29, 0.717) is 0 Å². The second kappa shape index (κ2) is 15.7. The number of rotatable bonds is 0. The monoisotopic (exact) mass is 166 g/mol. The molecule has 9 heavy (non-hydrogen) atoms. The van der Waals surface area contributed by atoms with Crippen molar-refractivity contribution < 1.29 is 35.0 Å². The van der Waals surface area contributed by atoms with Crippen LogP contribution < -0.4 is 0 Å². The van der Waals surface area contributed by atoms with E-state index in [0.717, 1.165) is 0 Å². The summed E-state index contributed by atoms with van der Waals surface area (Å²) in [4.78, 5) is 0. The minimum Gasteiger partial charge on any atom is -2.00 e. The Labute approximate surface area is 65.9 Å². The summed E-state index contributed by atoms with van der Waals surface area (Å²) in [7, 11) is 0. The molecule has 4 heteroatoms. The molecule has 0 spiro atoms. The molecule has 1 aromatic rings. The van der Waals surface area contributed by atoms with Crippen molar-refractivity contribution in [1.82, 2.24) is 0 Å². The second-order valence-corrected chi connectivity index (χ2v) is 0.962. The molecule has 0 saturated carbocycles. The molecular weight excluding hydrogens is 159 g/mol. The van der Waals surface area contributed by atoms with Crippen molar-refractivity contribution >= 4 is 0 Å². The van der Waals surface area contributed by atoms with Crippen LogP contribution in [-0.2, 0) is 29.5 Å². The third kappa shape index (κ3) is 11.4. The Balaban J connectivity index is -0.0000000312. The van der Waals surface area contributed by atoms with Crippen LogP contribution in [0.5, 0.6) is 0 Å². The van der Waals surface area contributed by atoms with Crippen LogP contribution in [0.25, 0.3) is 0 Å². The molecule has 0 aliphatic rings. The van der Waals surface area contributed by atoms with Crippen molar-refractivity contribution in [1.29, 1.82) is 0 Å². The van der Waals surface area contributed by atoms with Crippen molar-refractivity contribution in [2.24, 2.45) is 0 Å². The molecule has 3 nitrogen and oxygen atoms in total. The summed E-state index contributed by atoms with van der Waals surface area (Å²) >= 11 is 0. The molecule has 0 amide bonds. The van der Waals surface area contributed by atoms with Gasteiger partial charge in [-0.2, -0.15) is 18.2 Å². The Bertz CT molecular complexity index is 68.7. The number of hydrogen-bond donors (Lipinski definition) is 0. The fourth-order valence-electron chi connectivity index (χ4n) is 0.321. The van der Waals surface area contributed by atoms with Gasteiger partial charge < -0.3 is 16.4 Å². The Morgan fingerprint density at radius 3 is 1.33 bits per heavy atom. The minimum atomic E-state index is 0. The van der Waals surface area contributed by atoms with Crippen molar-refractivity contribution in [3.63, 3.8) is 0 Å². The first-order chi connectivity index (χ1) is 2.50. The predicted molar refractivity (Wildman–Crippen MR) is 27.0 cm³/mol. The molecule has 0 fully saturated rings. The summed E-state index contributed by atoms with van der Waals surface area (Å²) in [6.07, 6.45) is 0. The molecule has 0 atom stereocenters. The van der Waals surface area contributed by atoms with Gasteiger partial charge in [0.1, 0.15) is 0 Å². The first-order valence-corrected chi connectivity index (χ1v) is 1.67. The van der Waals surface area contributed by atoms with E-state index in [4.69, 9.17) is 0 Å². The SMILES string of the molecule is O.[O-2].[O-2].[V+4].c1cc[cH-]c1. The topological polar surface area (TPSA) is 88.5 Å². The van der Waals surface area contributed by atoms with Gasteiger partial charge in [0.25, 0.3) is 0 Å².